The second-order valence-electron chi connectivity index (χ2n) is 5.26. The molecular formula is C17H19N3O. The molecule has 0 fully saturated rings. The summed E-state index contributed by atoms with van der Waals surface area (Å²) >= 11 is 0. The van der Waals surface area contributed by atoms with Gasteiger partial charge in [0.25, 0.3) is 0 Å². The highest BCUT2D eigenvalue weighted by molar-refractivity contribution is 6.01. The lowest BCUT2D eigenvalue weighted by atomic mass is 10.0. The van der Waals surface area contributed by atoms with Gasteiger partial charge in [0.1, 0.15) is 18.2 Å². The summed E-state index contributed by atoms with van der Waals surface area (Å²) in [5.74, 6) is 1.05. The van der Waals surface area contributed by atoms with Crippen LogP contribution in [0.5, 0.6) is 5.75 Å². The Hall–Kier alpha value is -2.49. The van der Waals surface area contributed by atoms with E-state index >= 15 is 0 Å². The number of hydrogen-bond acceptors (Lipinski definition) is 3. The van der Waals surface area contributed by atoms with Crippen LogP contribution in [0, 0.1) is 12.3 Å². The average Bonchev–Trinajstić information content (AvgIpc) is 2.68. The van der Waals surface area contributed by atoms with Crippen molar-refractivity contribution in [3.63, 3.8) is 0 Å². The third-order valence-electron chi connectivity index (χ3n) is 3.80. The number of anilines is 1. The summed E-state index contributed by atoms with van der Waals surface area (Å²) in [7, 11) is 0. The molecular weight excluding hydrogens is 262 g/mol. The van der Waals surface area contributed by atoms with Crippen molar-refractivity contribution in [2.75, 3.05) is 18.1 Å². The van der Waals surface area contributed by atoms with Crippen LogP contribution in [0.1, 0.15) is 16.7 Å². The van der Waals surface area contributed by atoms with Gasteiger partial charge in [0.2, 0.25) is 0 Å². The van der Waals surface area contributed by atoms with Gasteiger partial charge in [-0.05, 0) is 24.6 Å². The highest BCUT2D eigenvalue weighted by Crippen LogP contribution is 2.30. The summed E-state index contributed by atoms with van der Waals surface area (Å²) in [5, 5.41) is 7.81. The van der Waals surface area contributed by atoms with Crippen molar-refractivity contribution < 1.29 is 4.74 Å². The monoisotopic (exact) mass is 281 g/mol. The summed E-state index contributed by atoms with van der Waals surface area (Å²) in [4.78, 5) is 2.25. The van der Waals surface area contributed by atoms with Crippen molar-refractivity contribution >= 4 is 11.5 Å². The number of hydrogen-bond donors (Lipinski definition) is 2. The lowest BCUT2D eigenvalue weighted by Crippen LogP contribution is -2.29. The van der Waals surface area contributed by atoms with Crippen LogP contribution in [-0.2, 0) is 6.54 Å². The second-order valence-corrected chi connectivity index (χ2v) is 5.26. The Labute approximate surface area is 124 Å². The lowest BCUT2D eigenvalue weighted by Gasteiger charge is -2.26. The van der Waals surface area contributed by atoms with Crippen LogP contribution in [0.25, 0.3) is 0 Å². The number of para-hydroxylation sites is 2. The highest BCUT2D eigenvalue weighted by atomic mass is 16.5. The summed E-state index contributed by atoms with van der Waals surface area (Å²) in [6.45, 7) is 4.23. The first kappa shape index (κ1) is 13.5. The molecule has 3 rings (SSSR count). The molecule has 4 nitrogen and oxygen atoms in total. The van der Waals surface area contributed by atoms with Crippen molar-refractivity contribution in [3.05, 3.63) is 59.2 Å². The van der Waals surface area contributed by atoms with Crippen LogP contribution in [0.2, 0.25) is 0 Å². The molecule has 0 bridgehead atoms. The molecule has 0 aliphatic carbocycles. The molecule has 21 heavy (non-hydrogen) atoms. The number of aryl methyl sites for hydroxylation is 1. The number of nitrogens with one attached hydrogen (secondary N) is 1. The van der Waals surface area contributed by atoms with Gasteiger partial charge in [-0.25, -0.2) is 0 Å². The van der Waals surface area contributed by atoms with Gasteiger partial charge in [0.05, 0.1) is 12.2 Å². The summed E-state index contributed by atoms with van der Waals surface area (Å²) in [5.41, 5.74) is 9.86. The lowest BCUT2D eigenvalue weighted by molar-refractivity contribution is 0.331. The van der Waals surface area contributed by atoms with E-state index in [9.17, 15) is 0 Å². The Morgan fingerprint density at radius 3 is 2.81 bits per heavy atom. The first-order chi connectivity index (χ1) is 10.2. The summed E-state index contributed by atoms with van der Waals surface area (Å²) in [6.07, 6.45) is 0. The standard InChI is InChI=1S/C17H19N3O/c1-12-5-4-7-14(17(18)19)16(12)20-9-10-21-15-8-3-2-6-13(15)11-20/h2-8H,9-11H2,1H3,(H3,18,19). The van der Waals surface area contributed by atoms with Gasteiger partial charge in [-0.15, -0.1) is 0 Å². The number of amidine groups is 1. The van der Waals surface area contributed by atoms with E-state index in [2.05, 4.69) is 24.0 Å². The molecule has 4 heteroatoms. The zero-order valence-electron chi connectivity index (χ0n) is 12.1. The molecule has 2 aromatic carbocycles. The Kier molecular flexibility index (Phi) is 3.52. The van der Waals surface area contributed by atoms with Crippen molar-refractivity contribution in [3.8, 4) is 5.75 Å². The van der Waals surface area contributed by atoms with E-state index in [0.717, 1.165) is 41.2 Å². The van der Waals surface area contributed by atoms with Crippen molar-refractivity contribution in [2.45, 2.75) is 13.5 Å². The van der Waals surface area contributed by atoms with E-state index in [1.54, 1.807) is 0 Å². The first-order valence-corrected chi connectivity index (χ1v) is 7.06. The molecule has 2 aromatic rings. The van der Waals surface area contributed by atoms with Crippen LogP contribution in [0.3, 0.4) is 0 Å². The van der Waals surface area contributed by atoms with Gasteiger partial charge in [-0.3, -0.25) is 5.41 Å². The van der Waals surface area contributed by atoms with Crippen molar-refractivity contribution in [1.29, 1.82) is 5.41 Å². The molecule has 0 spiro atoms. The van der Waals surface area contributed by atoms with E-state index < -0.39 is 0 Å². The van der Waals surface area contributed by atoms with E-state index in [1.807, 2.05) is 30.3 Å². The van der Waals surface area contributed by atoms with Crippen LogP contribution in [-0.4, -0.2) is 19.0 Å². The topological polar surface area (TPSA) is 62.3 Å². The first-order valence-electron chi connectivity index (χ1n) is 7.06. The Morgan fingerprint density at radius 1 is 1.19 bits per heavy atom. The van der Waals surface area contributed by atoms with E-state index in [-0.39, 0.29) is 5.84 Å². The summed E-state index contributed by atoms with van der Waals surface area (Å²) in [6, 6.07) is 14.0. The normalized spacial score (nSPS) is 14.0. The van der Waals surface area contributed by atoms with Gasteiger partial charge < -0.3 is 15.4 Å². The van der Waals surface area contributed by atoms with Crippen molar-refractivity contribution in [2.24, 2.45) is 5.73 Å². The number of nitrogens with zero attached hydrogens (tertiary/aromatic N) is 1. The highest BCUT2D eigenvalue weighted by Gasteiger charge is 2.20. The SMILES string of the molecule is Cc1cccc(C(=N)N)c1N1CCOc2ccccc2C1. The Balaban J connectivity index is 2.04. The molecule has 0 unspecified atom stereocenters. The van der Waals surface area contributed by atoms with E-state index in [0.29, 0.717) is 6.61 Å². The molecule has 0 saturated heterocycles. The second kappa shape index (κ2) is 5.48. The molecule has 0 amide bonds. The minimum absolute atomic E-state index is 0.104. The predicted octanol–water partition coefficient (Wildman–Crippen LogP) is 2.68. The number of nitrogen functional groups attached to an aromatic ring is 1. The fourth-order valence-electron chi connectivity index (χ4n) is 2.81. The number of nitrogens with two attached hydrogens (primary N) is 1. The molecule has 1 aliphatic heterocycles. The van der Waals surface area contributed by atoms with Crippen LogP contribution in [0.15, 0.2) is 42.5 Å². The predicted molar refractivity (Wildman–Crippen MR) is 85.2 cm³/mol. The third-order valence-corrected chi connectivity index (χ3v) is 3.80. The largest absolute Gasteiger partial charge is 0.491 e. The Bertz CT molecular complexity index is 681. The van der Waals surface area contributed by atoms with Crippen LogP contribution in [0.4, 0.5) is 5.69 Å². The summed E-state index contributed by atoms with van der Waals surface area (Å²) < 4.78 is 5.81. The van der Waals surface area contributed by atoms with Gasteiger partial charge >= 0.3 is 0 Å². The molecule has 108 valence electrons. The van der Waals surface area contributed by atoms with Gasteiger partial charge in [-0.2, -0.15) is 0 Å². The van der Waals surface area contributed by atoms with Crippen LogP contribution >= 0.6 is 0 Å². The Morgan fingerprint density at radius 2 is 2.00 bits per heavy atom. The van der Waals surface area contributed by atoms with E-state index in [1.165, 1.54) is 0 Å². The number of ether oxygens (including phenoxy) is 1. The minimum atomic E-state index is 0.104. The molecule has 1 aliphatic rings. The molecule has 0 saturated carbocycles. The fourth-order valence-corrected chi connectivity index (χ4v) is 2.81. The van der Waals surface area contributed by atoms with E-state index in [4.69, 9.17) is 15.9 Å². The maximum absolute atomic E-state index is 7.81. The van der Waals surface area contributed by atoms with Crippen molar-refractivity contribution in [1.82, 2.24) is 0 Å². The average molecular weight is 281 g/mol. The van der Waals surface area contributed by atoms with Gasteiger partial charge in [0, 0.05) is 17.7 Å². The molecule has 1 heterocycles. The zero-order valence-corrected chi connectivity index (χ0v) is 12.1. The maximum Gasteiger partial charge on any atom is 0.124 e. The molecule has 0 atom stereocenters. The molecule has 0 aromatic heterocycles. The fraction of sp³-hybridized carbons (Fsp3) is 0.235. The minimum Gasteiger partial charge on any atom is -0.491 e. The molecule has 0 radical (unpaired) electrons. The zero-order chi connectivity index (χ0) is 14.8. The van der Waals surface area contributed by atoms with Crippen LogP contribution < -0.4 is 15.4 Å². The quantitative estimate of drug-likeness (QED) is 0.657. The number of benzene rings is 2. The number of fused-ring (bicyclic) bond motifs is 1. The van der Waals surface area contributed by atoms with Gasteiger partial charge in [0.15, 0.2) is 0 Å². The maximum atomic E-state index is 7.81. The smallest absolute Gasteiger partial charge is 0.124 e. The molecule has 3 N–H and O–H groups in total. The van der Waals surface area contributed by atoms with Gasteiger partial charge in [-0.1, -0.05) is 30.3 Å². The number of rotatable bonds is 2. The third kappa shape index (κ3) is 2.57.